The molecule has 1 fully saturated rings. The molecule has 5 heteroatoms. The molecule has 0 aromatic heterocycles. The van der Waals surface area contributed by atoms with E-state index in [4.69, 9.17) is 4.74 Å². The topological polar surface area (TPSA) is 32.8 Å². The summed E-state index contributed by atoms with van der Waals surface area (Å²) in [5.41, 5.74) is 3.77. The number of piperazine rings is 1. The van der Waals surface area contributed by atoms with Gasteiger partial charge >= 0.3 is 0 Å². The Morgan fingerprint density at radius 2 is 1.63 bits per heavy atom. The Kier molecular flexibility index (Phi) is 5.28. The molecular formula is C22H25FN2O2. The number of amides is 1. The van der Waals surface area contributed by atoms with Gasteiger partial charge in [-0.05, 0) is 73.2 Å². The highest BCUT2D eigenvalue weighted by molar-refractivity contribution is 5.78. The molecule has 0 spiro atoms. The highest BCUT2D eigenvalue weighted by Gasteiger charge is 2.22. The van der Waals surface area contributed by atoms with Crippen LogP contribution in [-0.2, 0) is 17.6 Å². The second-order valence-corrected chi connectivity index (χ2v) is 7.27. The van der Waals surface area contributed by atoms with Crippen LogP contribution in [0.4, 0.5) is 10.1 Å². The second kappa shape index (κ2) is 7.99. The van der Waals surface area contributed by atoms with E-state index in [1.807, 2.05) is 11.0 Å². The summed E-state index contributed by atoms with van der Waals surface area (Å²) in [6, 6.07) is 12.7. The molecule has 0 atom stereocenters. The fourth-order valence-electron chi connectivity index (χ4n) is 3.90. The Morgan fingerprint density at radius 1 is 0.926 bits per heavy atom. The van der Waals surface area contributed by atoms with Crippen molar-refractivity contribution in [3.63, 3.8) is 0 Å². The molecule has 4 nitrogen and oxygen atoms in total. The highest BCUT2D eigenvalue weighted by atomic mass is 19.1. The van der Waals surface area contributed by atoms with Gasteiger partial charge in [-0.2, -0.15) is 0 Å². The van der Waals surface area contributed by atoms with Crippen LogP contribution in [0.15, 0.2) is 42.5 Å². The minimum absolute atomic E-state index is 0.0199. The van der Waals surface area contributed by atoms with E-state index in [-0.39, 0.29) is 18.3 Å². The van der Waals surface area contributed by atoms with Crippen molar-refractivity contribution in [3.8, 4) is 5.75 Å². The predicted molar refractivity (Wildman–Crippen MR) is 104 cm³/mol. The molecule has 1 heterocycles. The van der Waals surface area contributed by atoms with Crippen LogP contribution in [0.5, 0.6) is 5.75 Å². The molecular weight excluding hydrogens is 343 g/mol. The molecule has 2 aromatic rings. The molecule has 1 amide bonds. The Labute approximate surface area is 159 Å². The summed E-state index contributed by atoms with van der Waals surface area (Å²) in [6.45, 7) is 2.88. The van der Waals surface area contributed by atoms with Crippen molar-refractivity contribution >= 4 is 11.6 Å². The third-order valence-corrected chi connectivity index (χ3v) is 5.51. The SMILES string of the molecule is O=C(COc1ccc2c(c1)CCCC2)N1CCN(c2ccc(F)cc2)CC1. The number of carbonyl (C=O) groups excluding carboxylic acids is 1. The number of hydrogen-bond acceptors (Lipinski definition) is 3. The van der Waals surface area contributed by atoms with Crippen LogP contribution < -0.4 is 9.64 Å². The van der Waals surface area contributed by atoms with Crippen LogP contribution in [0.2, 0.25) is 0 Å². The quantitative estimate of drug-likeness (QED) is 0.829. The summed E-state index contributed by atoms with van der Waals surface area (Å²) in [5, 5.41) is 0. The number of nitrogens with zero attached hydrogens (tertiary/aromatic N) is 2. The average Bonchev–Trinajstić information content (AvgIpc) is 2.72. The molecule has 4 rings (SSSR count). The van der Waals surface area contributed by atoms with Gasteiger partial charge in [0.15, 0.2) is 6.61 Å². The number of carbonyl (C=O) groups is 1. The molecule has 2 aromatic carbocycles. The summed E-state index contributed by atoms with van der Waals surface area (Å²) < 4.78 is 18.8. The zero-order valence-electron chi connectivity index (χ0n) is 15.5. The standard InChI is InChI=1S/C22H25FN2O2/c23-19-6-8-20(9-7-19)24-11-13-25(14-12-24)22(26)16-27-21-10-5-17-3-1-2-4-18(17)15-21/h5-10,15H,1-4,11-14,16H2. The fourth-order valence-corrected chi connectivity index (χ4v) is 3.90. The van der Waals surface area contributed by atoms with E-state index in [0.717, 1.165) is 37.4 Å². The number of halogens is 1. The minimum atomic E-state index is -0.230. The van der Waals surface area contributed by atoms with Gasteiger partial charge in [0.2, 0.25) is 0 Å². The number of benzene rings is 2. The lowest BCUT2D eigenvalue weighted by atomic mass is 9.92. The number of hydrogen-bond donors (Lipinski definition) is 0. The molecule has 1 aliphatic heterocycles. The van der Waals surface area contributed by atoms with Crippen molar-refractivity contribution in [2.45, 2.75) is 25.7 Å². The zero-order valence-corrected chi connectivity index (χ0v) is 15.5. The predicted octanol–water partition coefficient (Wildman–Crippen LogP) is 3.43. The van der Waals surface area contributed by atoms with Crippen molar-refractivity contribution in [3.05, 3.63) is 59.4 Å². The smallest absolute Gasteiger partial charge is 0.260 e. The van der Waals surface area contributed by atoms with Crippen molar-refractivity contribution in [1.29, 1.82) is 0 Å². The first kappa shape index (κ1) is 17.8. The molecule has 0 saturated carbocycles. The molecule has 0 unspecified atom stereocenters. The number of anilines is 1. The van der Waals surface area contributed by atoms with Gasteiger partial charge in [0.1, 0.15) is 11.6 Å². The molecule has 0 radical (unpaired) electrons. The molecule has 1 saturated heterocycles. The Hall–Kier alpha value is -2.56. The van der Waals surface area contributed by atoms with E-state index in [9.17, 15) is 9.18 Å². The maximum absolute atomic E-state index is 13.1. The molecule has 142 valence electrons. The van der Waals surface area contributed by atoms with Crippen LogP contribution in [-0.4, -0.2) is 43.6 Å². The lowest BCUT2D eigenvalue weighted by Gasteiger charge is -2.36. The van der Waals surface area contributed by atoms with E-state index in [0.29, 0.717) is 13.1 Å². The lowest BCUT2D eigenvalue weighted by Crippen LogP contribution is -2.50. The molecule has 0 N–H and O–H groups in total. The summed E-state index contributed by atoms with van der Waals surface area (Å²) in [7, 11) is 0. The minimum Gasteiger partial charge on any atom is -0.484 e. The van der Waals surface area contributed by atoms with Gasteiger partial charge in [-0.15, -0.1) is 0 Å². The third-order valence-electron chi connectivity index (χ3n) is 5.51. The number of aryl methyl sites for hydroxylation is 2. The van der Waals surface area contributed by atoms with E-state index in [1.165, 1.54) is 36.1 Å². The van der Waals surface area contributed by atoms with Crippen LogP contribution in [0.25, 0.3) is 0 Å². The summed E-state index contributed by atoms with van der Waals surface area (Å²) >= 11 is 0. The molecule has 1 aliphatic carbocycles. The van der Waals surface area contributed by atoms with Gasteiger partial charge < -0.3 is 14.5 Å². The largest absolute Gasteiger partial charge is 0.484 e. The van der Waals surface area contributed by atoms with Gasteiger partial charge in [0.05, 0.1) is 0 Å². The van der Waals surface area contributed by atoms with Crippen LogP contribution >= 0.6 is 0 Å². The van der Waals surface area contributed by atoms with Crippen molar-refractivity contribution in [1.82, 2.24) is 4.90 Å². The van der Waals surface area contributed by atoms with E-state index in [2.05, 4.69) is 17.0 Å². The molecule has 0 bridgehead atoms. The Morgan fingerprint density at radius 3 is 2.37 bits per heavy atom. The fraction of sp³-hybridized carbons (Fsp3) is 0.409. The first-order valence-electron chi connectivity index (χ1n) is 9.72. The van der Waals surface area contributed by atoms with Gasteiger partial charge in [-0.1, -0.05) is 6.07 Å². The van der Waals surface area contributed by atoms with Crippen LogP contribution in [0, 0.1) is 5.82 Å². The average molecular weight is 368 g/mol. The van der Waals surface area contributed by atoms with Crippen molar-refractivity contribution in [2.75, 3.05) is 37.7 Å². The van der Waals surface area contributed by atoms with Gasteiger partial charge in [0.25, 0.3) is 5.91 Å². The summed E-state index contributed by atoms with van der Waals surface area (Å²) in [5.74, 6) is 0.576. The number of rotatable bonds is 4. The lowest BCUT2D eigenvalue weighted by molar-refractivity contribution is -0.133. The Bertz CT molecular complexity index is 798. The normalized spacial score (nSPS) is 16.8. The first-order valence-corrected chi connectivity index (χ1v) is 9.72. The van der Waals surface area contributed by atoms with Gasteiger partial charge in [-0.3, -0.25) is 4.79 Å². The molecule has 27 heavy (non-hydrogen) atoms. The maximum Gasteiger partial charge on any atom is 0.260 e. The van der Waals surface area contributed by atoms with E-state index >= 15 is 0 Å². The number of ether oxygens (including phenoxy) is 1. The summed E-state index contributed by atoms with van der Waals surface area (Å²) in [4.78, 5) is 16.5. The van der Waals surface area contributed by atoms with Crippen molar-refractivity contribution in [2.24, 2.45) is 0 Å². The third kappa shape index (κ3) is 4.24. The maximum atomic E-state index is 13.1. The van der Waals surface area contributed by atoms with Crippen LogP contribution in [0.3, 0.4) is 0 Å². The molecule has 2 aliphatic rings. The van der Waals surface area contributed by atoms with E-state index < -0.39 is 0 Å². The number of fused-ring (bicyclic) bond motifs is 1. The highest BCUT2D eigenvalue weighted by Crippen LogP contribution is 2.25. The van der Waals surface area contributed by atoms with E-state index in [1.54, 1.807) is 12.1 Å². The monoisotopic (exact) mass is 368 g/mol. The Balaban J connectivity index is 1.28. The zero-order chi connectivity index (χ0) is 18.6. The second-order valence-electron chi connectivity index (χ2n) is 7.27. The van der Waals surface area contributed by atoms with Gasteiger partial charge in [0, 0.05) is 31.9 Å². The van der Waals surface area contributed by atoms with Crippen LogP contribution in [0.1, 0.15) is 24.0 Å². The van der Waals surface area contributed by atoms with Crippen molar-refractivity contribution < 1.29 is 13.9 Å². The summed E-state index contributed by atoms with van der Waals surface area (Å²) in [6.07, 6.45) is 4.74. The first-order chi connectivity index (χ1) is 13.2. The van der Waals surface area contributed by atoms with Gasteiger partial charge in [-0.25, -0.2) is 4.39 Å².